The number of thioether (sulfide) groups is 1. The molecule has 2 rings (SSSR count). The van der Waals surface area contributed by atoms with Crippen LogP contribution in [0, 0.1) is 30.1 Å². The van der Waals surface area contributed by atoms with Crippen molar-refractivity contribution in [3.63, 3.8) is 0 Å². The Labute approximate surface area is 107 Å². The smallest absolute Gasteiger partial charge is 0.256 e. The summed E-state index contributed by atoms with van der Waals surface area (Å²) in [7, 11) is 0. The normalized spacial score (nSPS) is 28.9. The minimum atomic E-state index is 0.148. The van der Waals surface area contributed by atoms with Crippen molar-refractivity contribution in [2.45, 2.75) is 50.0 Å². The molecule has 0 N–H and O–H groups in total. The van der Waals surface area contributed by atoms with Crippen molar-refractivity contribution in [2.75, 3.05) is 0 Å². The summed E-state index contributed by atoms with van der Waals surface area (Å²) in [5, 5.41) is 10.2. The van der Waals surface area contributed by atoms with E-state index in [1.807, 2.05) is 6.92 Å². The molecule has 17 heavy (non-hydrogen) atoms. The van der Waals surface area contributed by atoms with Crippen molar-refractivity contribution in [1.29, 1.82) is 5.26 Å². The van der Waals surface area contributed by atoms with Crippen LogP contribution in [0.2, 0.25) is 0 Å². The van der Waals surface area contributed by atoms with E-state index in [9.17, 15) is 5.26 Å². The van der Waals surface area contributed by atoms with Crippen LogP contribution >= 0.6 is 11.8 Å². The predicted octanol–water partition coefficient (Wildman–Crippen LogP) is 3.79. The first-order chi connectivity index (χ1) is 8.22. The van der Waals surface area contributed by atoms with Gasteiger partial charge in [-0.15, -0.1) is 0 Å². The lowest BCUT2D eigenvalue weighted by atomic mass is 9.81. The third-order valence-corrected chi connectivity index (χ3v) is 4.71. The Kier molecular flexibility index (Phi) is 4.11. The van der Waals surface area contributed by atoms with Crippen LogP contribution in [0.3, 0.4) is 0 Å². The summed E-state index contributed by atoms with van der Waals surface area (Å²) in [5.74, 6) is 0.906. The largest absolute Gasteiger partial charge is 0.440 e. The van der Waals surface area contributed by atoms with Crippen LogP contribution in [0.15, 0.2) is 15.9 Å². The topological polar surface area (TPSA) is 49.8 Å². The standard InChI is InChI=1S/C13H18N2OS/c1-3-10-4-5-11(7-14)12(6-10)17-13-15-9(2)8-16-13/h8,10-12H,3-6H2,1-2H3. The van der Waals surface area contributed by atoms with Crippen LogP contribution in [-0.4, -0.2) is 10.2 Å². The minimum absolute atomic E-state index is 0.148. The van der Waals surface area contributed by atoms with Gasteiger partial charge >= 0.3 is 0 Å². The van der Waals surface area contributed by atoms with Gasteiger partial charge in [-0.3, -0.25) is 0 Å². The summed E-state index contributed by atoms with van der Waals surface area (Å²) >= 11 is 1.64. The molecule has 4 heteroatoms. The number of nitriles is 1. The molecule has 1 aromatic heterocycles. The van der Waals surface area contributed by atoms with E-state index in [2.05, 4.69) is 18.0 Å². The van der Waals surface area contributed by atoms with Crippen LogP contribution < -0.4 is 0 Å². The van der Waals surface area contributed by atoms with Gasteiger partial charge in [-0.1, -0.05) is 25.1 Å². The lowest BCUT2D eigenvalue weighted by molar-refractivity contribution is 0.315. The number of hydrogen-bond acceptors (Lipinski definition) is 4. The van der Waals surface area contributed by atoms with Gasteiger partial charge in [0.25, 0.3) is 5.22 Å². The molecule has 3 atom stereocenters. The van der Waals surface area contributed by atoms with Crippen molar-refractivity contribution in [2.24, 2.45) is 11.8 Å². The maximum Gasteiger partial charge on any atom is 0.256 e. The lowest BCUT2D eigenvalue weighted by Crippen LogP contribution is -2.25. The molecule has 1 aliphatic rings. The van der Waals surface area contributed by atoms with Gasteiger partial charge in [-0.05, 0) is 32.1 Å². The SMILES string of the molecule is CCC1CCC(C#N)C(Sc2nc(C)co2)C1. The van der Waals surface area contributed by atoms with Gasteiger partial charge in [0, 0.05) is 5.25 Å². The van der Waals surface area contributed by atoms with Crippen molar-refractivity contribution >= 4 is 11.8 Å². The quantitative estimate of drug-likeness (QED) is 0.818. The van der Waals surface area contributed by atoms with Crippen molar-refractivity contribution in [1.82, 2.24) is 4.98 Å². The first-order valence-corrected chi connectivity index (χ1v) is 7.09. The zero-order valence-corrected chi connectivity index (χ0v) is 11.2. The molecule has 1 heterocycles. The highest BCUT2D eigenvalue weighted by Crippen LogP contribution is 2.40. The Balaban J connectivity index is 2.03. The lowest BCUT2D eigenvalue weighted by Gasteiger charge is -2.30. The van der Waals surface area contributed by atoms with E-state index in [0.29, 0.717) is 10.5 Å². The van der Waals surface area contributed by atoms with E-state index in [1.54, 1.807) is 18.0 Å². The van der Waals surface area contributed by atoms with Gasteiger partial charge in [-0.25, -0.2) is 4.98 Å². The average molecular weight is 250 g/mol. The Hall–Kier alpha value is -0.950. The summed E-state index contributed by atoms with van der Waals surface area (Å²) in [6, 6.07) is 2.44. The Morgan fingerprint density at radius 1 is 1.59 bits per heavy atom. The molecule has 1 saturated carbocycles. The first-order valence-electron chi connectivity index (χ1n) is 6.21. The molecule has 0 saturated heterocycles. The molecule has 0 aliphatic heterocycles. The zero-order chi connectivity index (χ0) is 12.3. The molecule has 0 spiro atoms. The van der Waals surface area contributed by atoms with Crippen molar-refractivity contribution < 1.29 is 4.42 Å². The van der Waals surface area contributed by atoms with Gasteiger partial charge in [0.15, 0.2) is 0 Å². The second kappa shape index (κ2) is 5.59. The summed E-state index contributed by atoms with van der Waals surface area (Å²) < 4.78 is 5.37. The Bertz CT molecular complexity index is 410. The number of nitrogens with zero attached hydrogens (tertiary/aromatic N) is 2. The fourth-order valence-corrected chi connectivity index (χ4v) is 3.67. The molecule has 0 amide bonds. The second-order valence-electron chi connectivity index (χ2n) is 4.73. The number of rotatable bonds is 3. The van der Waals surface area contributed by atoms with Gasteiger partial charge < -0.3 is 4.42 Å². The molecule has 0 bridgehead atoms. The molecule has 1 aliphatic carbocycles. The molecule has 1 fully saturated rings. The van der Waals surface area contributed by atoms with Crippen LogP contribution in [0.5, 0.6) is 0 Å². The Morgan fingerprint density at radius 2 is 2.41 bits per heavy atom. The van der Waals surface area contributed by atoms with Gasteiger partial charge in [0.2, 0.25) is 0 Å². The summed E-state index contributed by atoms with van der Waals surface area (Å²) in [5.41, 5.74) is 0.906. The Morgan fingerprint density at radius 3 is 3.00 bits per heavy atom. The van der Waals surface area contributed by atoms with E-state index >= 15 is 0 Å². The maximum atomic E-state index is 9.19. The summed E-state index contributed by atoms with van der Waals surface area (Å²) in [6.07, 6.45) is 6.20. The fraction of sp³-hybridized carbons (Fsp3) is 0.692. The molecule has 1 aromatic rings. The van der Waals surface area contributed by atoms with E-state index < -0.39 is 0 Å². The van der Waals surface area contributed by atoms with Crippen LogP contribution in [0.1, 0.15) is 38.3 Å². The third-order valence-electron chi connectivity index (χ3n) is 3.49. The van der Waals surface area contributed by atoms with Gasteiger partial charge in [0.05, 0.1) is 17.7 Å². The van der Waals surface area contributed by atoms with Crippen molar-refractivity contribution in [3.05, 3.63) is 12.0 Å². The van der Waals surface area contributed by atoms with Gasteiger partial charge in [-0.2, -0.15) is 5.26 Å². The van der Waals surface area contributed by atoms with Crippen LogP contribution in [0.4, 0.5) is 0 Å². The average Bonchev–Trinajstić information content (AvgIpc) is 2.74. The monoisotopic (exact) mass is 250 g/mol. The number of hydrogen-bond donors (Lipinski definition) is 0. The molecular weight excluding hydrogens is 232 g/mol. The summed E-state index contributed by atoms with van der Waals surface area (Å²) in [4.78, 5) is 4.31. The predicted molar refractivity (Wildman–Crippen MR) is 67.6 cm³/mol. The second-order valence-corrected chi connectivity index (χ2v) is 5.92. The van der Waals surface area contributed by atoms with E-state index in [-0.39, 0.29) is 5.92 Å². The highest BCUT2D eigenvalue weighted by atomic mass is 32.2. The molecular formula is C13H18N2OS. The highest BCUT2D eigenvalue weighted by Gasteiger charge is 2.31. The van der Waals surface area contributed by atoms with E-state index in [0.717, 1.165) is 24.5 Å². The molecule has 3 nitrogen and oxygen atoms in total. The number of aromatic nitrogens is 1. The molecule has 3 unspecified atom stereocenters. The van der Waals surface area contributed by atoms with Crippen LogP contribution in [-0.2, 0) is 0 Å². The van der Waals surface area contributed by atoms with E-state index in [4.69, 9.17) is 4.42 Å². The van der Waals surface area contributed by atoms with E-state index in [1.165, 1.54) is 12.8 Å². The zero-order valence-electron chi connectivity index (χ0n) is 10.3. The van der Waals surface area contributed by atoms with Gasteiger partial charge in [0.1, 0.15) is 6.26 Å². The van der Waals surface area contributed by atoms with Crippen molar-refractivity contribution in [3.8, 4) is 6.07 Å². The number of oxazole rings is 1. The van der Waals surface area contributed by atoms with Crippen LogP contribution in [0.25, 0.3) is 0 Å². The molecule has 0 aromatic carbocycles. The molecule has 0 radical (unpaired) electrons. The highest BCUT2D eigenvalue weighted by molar-refractivity contribution is 7.99. The minimum Gasteiger partial charge on any atom is -0.440 e. The fourth-order valence-electron chi connectivity index (χ4n) is 2.38. The summed E-state index contributed by atoms with van der Waals surface area (Å²) in [6.45, 7) is 4.15. The maximum absolute atomic E-state index is 9.19. The number of aryl methyl sites for hydroxylation is 1. The molecule has 92 valence electrons. The first kappa shape index (κ1) is 12.5. The third kappa shape index (κ3) is 3.04.